The third kappa shape index (κ3) is 6.63. The van der Waals surface area contributed by atoms with Crippen LogP contribution in [0.2, 0.25) is 15.1 Å². The van der Waals surface area contributed by atoms with Crippen LogP contribution >= 0.6 is 57.5 Å². The summed E-state index contributed by atoms with van der Waals surface area (Å²) >= 11 is 22.1. The fourth-order valence-electron chi connectivity index (χ4n) is 6.75. The van der Waals surface area contributed by atoms with Gasteiger partial charge in [-0.2, -0.15) is 0 Å². The summed E-state index contributed by atoms with van der Waals surface area (Å²) in [7, 11) is 0. The molecule has 3 fully saturated rings. The van der Waals surface area contributed by atoms with Crippen molar-refractivity contribution in [2.24, 2.45) is 5.92 Å². The number of likely N-dealkylation sites (tertiary alicyclic amines) is 1. The van der Waals surface area contributed by atoms with E-state index in [4.69, 9.17) is 39.8 Å². The third-order valence-corrected chi connectivity index (χ3v) is 11.8. The second-order valence-electron chi connectivity index (χ2n) is 11.6. The molecule has 1 saturated carbocycles. The number of halogens is 3. The first-order valence-electron chi connectivity index (χ1n) is 14.7. The molecule has 2 atom stereocenters. The van der Waals surface area contributed by atoms with Gasteiger partial charge < -0.3 is 10.0 Å². The summed E-state index contributed by atoms with van der Waals surface area (Å²) in [5.41, 5.74) is 1.53. The van der Waals surface area contributed by atoms with E-state index in [1.807, 2.05) is 11.4 Å². The lowest BCUT2D eigenvalue weighted by Crippen LogP contribution is -2.49. The molecule has 1 amide bonds. The molecule has 43 heavy (non-hydrogen) atoms. The number of carbonyl (C=O) groups excluding carboxylic acids is 1. The van der Waals surface area contributed by atoms with Gasteiger partial charge in [0.2, 0.25) is 0 Å². The standard InChI is InChI=1S/C31H33Cl3N4O3S2/c1-17(30(40)41)11-22-23(33)12-19(13-24(22)34)28(39)36-31-35-27(26-14-20(32)16-42-26)29(43-31)37-9-8-25-18(15-37)7-10-38(25)21-5-3-2-4-6-21/h11-14,16,18,21,25H,2-10,15H2,1H3,(H,40,41)(H,35,36,39)/b17-11+. The molecule has 3 aromatic rings. The van der Waals surface area contributed by atoms with Gasteiger partial charge in [0.1, 0.15) is 10.7 Å². The van der Waals surface area contributed by atoms with Crippen LogP contribution in [0.1, 0.15) is 67.8 Å². The Labute approximate surface area is 274 Å². The van der Waals surface area contributed by atoms with Gasteiger partial charge in [-0.3, -0.25) is 15.0 Å². The van der Waals surface area contributed by atoms with E-state index < -0.39 is 11.9 Å². The van der Waals surface area contributed by atoms with Gasteiger partial charge in [-0.25, -0.2) is 9.78 Å². The molecule has 7 nitrogen and oxygen atoms in total. The van der Waals surface area contributed by atoms with E-state index in [0.29, 0.717) is 27.7 Å². The molecule has 0 spiro atoms. The first-order valence-corrected chi connectivity index (χ1v) is 17.5. The van der Waals surface area contributed by atoms with Crippen molar-refractivity contribution >= 4 is 85.6 Å². The number of hydrogen-bond donors (Lipinski definition) is 2. The van der Waals surface area contributed by atoms with Crippen molar-refractivity contribution in [1.29, 1.82) is 0 Å². The maximum atomic E-state index is 13.3. The van der Waals surface area contributed by atoms with Gasteiger partial charge in [0.15, 0.2) is 5.13 Å². The van der Waals surface area contributed by atoms with Crippen molar-refractivity contribution in [3.05, 3.63) is 55.3 Å². The Kier molecular flexibility index (Phi) is 9.38. The summed E-state index contributed by atoms with van der Waals surface area (Å²) in [6.07, 6.45) is 10.5. The van der Waals surface area contributed by atoms with Crippen LogP contribution in [0.3, 0.4) is 0 Å². The van der Waals surface area contributed by atoms with Crippen LogP contribution in [0.15, 0.2) is 29.2 Å². The number of fused-ring (bicyclic) bond motifs is 1. The molecular formula is C31H33Cl3N4O3S2. The molecule has 2 aromatic heterocycles. The number of rotatable bonds is 7. The number of thiophene rings is 1. The summed E-state index contributed by atoms with van der Waals surface area (Å²) in [4.78, 5) is 35.7. The number of carbonyl (C=O) groups is 2. The maximum Gasteiger partial charge on any atom is 0.331 e. The van der Waals surface area contributed by atoms with Crippen molar-refractivity contribution in [2.45, 2.75) is 64.0 Å². The topological polar surface area (TPSA) is 85.8 Å². The molecule has 1 aromatic carbocycles. The largest absolute Gasteiger partial charge is 0.478 e. The Morgan fingerprint density at radius 3 is 2.47 bits per heavy atom. The summed E-state index contributed by atoms with van der Waals surface area (Å²) in [6, 6.07) is 6.30. The third-order valence-electron chi connectivity index (χ3n) is 8.88. The average Bonchev–Trinajstić information content (AvgIpc) is 3.73. The first kappa shape index (κ1) is 30.9. The number of benzene rings is 1. The predicted molar refractivity (Wildman–Crippen MR) is 178 cm³/mol. The zero-order valence-corrected chi connectivity index (χ0v) is 27.6. The highest BCUT2D eigenvalue weighted by molar-refractivity contribution is 7.21. The fourth-order valence-corrected chi connectivity index (χ4v) is 9.49. The molecule has 12 heteroatoms. The zero-order chi connectivity index (χ0) is 30.2. The molecule has 0 radical (unpaired) electrons. The molecule has 0 bridgehead atoms. The summed E-state index contributed by atoms with van der Waals surface area (Å²) in [5.74, 6) is -0.852. The molecule has 2 aliphatic heterocycles. The summed E-state index contributed by atoms with van der Waals surface area (Å²) in [6.45, 7) is 4.57. The van der Waals surface area contributed by atoms with Crippen LogP contribution in [-0.2, 0) is 4.79 Å². The summed E-state index contributed by atoms with van der Waals surface area (Å²) in [5, 5.41) is 16.6. The quantitative estimate of drug-likeness (QED) is 0.243. The minimum Gasteiger partial charge on any atom is -0.478 e. The van der Waals surface area contributed by atoms with Crippen molar-refractivity contribution in [1.82, 2.24) is 9.88 Å². The number of carboxylic acid groups (broad SMARTS) is 1. The molecule has 6 rings (SSSR count). The second kappa shape index (κ2) is 13.1. The SMILES string of the molecule is C/C(=C\c1c(Cl)cc(C(=O)Nc2nc(-c3cc(Cl)cs3)c(N3CCC4C(CCN4C4CCCCC4)C3)s2)cc1Cl)C(=O)O. The van der Waals surface area contributed by atoms with E-state index in [1.165, 1.54) is 81.5 Å². The van der Waals surface area contributed by atoms with Crippen LogP contribution in [-0.4, -0.2) is 58.6 Å². The lowest BCUT2D eigenvalue weighted by Gasteiger charge is -2.42. The Morgan fingerprint density at radius 1 is 1.05 bits per heavy atom. The van der Waals surface area contributed by atoms with E-state index in [1.54, 1.807) is 11.3 Å². The predicted octanol–water partition coefficient (Wildman–Crippen LogP) is 8.81. The number of aliphatic carboxylic acids is 1. The van der Waals surface area contributed by atoms with Gasteiger partial charge in [-0.15, -0.1) is 11.3 Å². The van der Waals surface area contributed by atoms with Gasteiger partial charge in [0.25, 0.3) is 5.91 Å². The highest BCUT2D eigenvalue weighted by Gasteiger charge is 2.42. The van der Waals surface area contributed by atoms with Gasteiger partial charge >= 0.3 is 5.97 Å². The lowest BCUT2D eigenvalue weighted by atomic mass is 9.89. The lowest BCUT2D eigenvalue weighted by molar-refractivity contribution is -0.132. The Hall–Kier alpha value is -2.14. The minimum atomic E-state index is -1.07. The number of thiazole rings is 1. The average molecular weight is 680 g/mol. The number of nitrogens with one attached hydrogen (secondary N) is 1. The van der Waals surface area contributed by atoms with Crippen molar-refractivity contribution in [3.8, 4) is 10.6 Å². The van der Waals surface area contributed by atoms with Gasteiger partial charge in [-0.05, 0) is 69.3 Å². The van der Waals surface area contributed by atoms with E-state index in [2.05, 4.69) is 15.1 Å². The highest BCUT2D eigenvalue weighted by Crippen LogP contribution is 2.45. The van der Waals surface area contributed by atoms with Crippen molar-refractivity contribution in [2.75, 3.05) is 29.9 Å². The van der Waals surface area contributed by atoms with Crippen LogP contribution in [0.5, 0.6) is 0 Å². The molecule has 228 valence electrons. The number of piperidine rings is 1. The molecular weight excluding hydrogens is 647 g/mol. The minimum absolute atomic E-state index is 0.0841. The van der Waals surface area contributed by atoms with E-state index in [9.17, 15) is 14.7 Å². The number of aromatic nitrogens is 1. The van der Waals surface area contributed by atoms with Crippen LogP contribution in [0.25, 0.3) is 16.6 Å². The Balaban J connectivity index is 1.23. The zero-order valence-electron chi connectivity index (χ0n) is 23.7. The Bertz CT molecular complexity index is 1540. The molecule has 4 heterocycles. The maximum absolute atomic E-state index is 13.3. The van der Waals surface area contributed by atoms with Crippen LogP contribution in [0, 0.1) is 5.92 Å². The number of carboxylic acids is 1. The van der Waals surface area contributed by atoms with Crippen molar-refractivity contribution in [3.63, 3.8) is 0 Å². The van der Waals surface area contributed by atoms with Crippen LogP contribution in [0.4, 0.5) is 10.1 Å². The molecule has 3 aliphatic rings. The van der Waals surface area contributed by atoms with Crippen LogP contribution < -0.4 is 10.2 Å². The van der Waals surface area contributed by atoms with E-state index in [0.717, 1.165) is 41.1 Å². The number of amides is 1. The number of hydrogen-bond acceptors (Lipinski definition) is 7. The number of nitrogens with zero attached hydrogens (tertiary/aromatic N) is 3. The second-order valence-corrected chi connectivity index (χ2v) is 14.8. The normalized spacial score (nSPS) is 21.7. The summed E-state index contributed by atoms with van der Waals surface area (Å²) < 4.78 is 0. The Morgan fingerprint density at radius 2 is 1.79 bits per heavy atom. The van der Waals surface area contributed by atoms with Gasteiger partial charge in [0.05, 0.1) is 19.9 Å². The smallest absolute Gasteiger partial charge is 0.331 e. The van der Waals surface area contributed by atoms with E-state index >= 15 is 0 Å². The first-order chi connectivity index (χ1) is 20.7. The molecule has 2 unspecified atom stereocenters. The highest BCUT2D eigenvalue weighted by atomic mass is 35.5. The molecule has 2 saturated heterocycles. The molecule has 1 aliphatic carbocycles. The monoisotopic (exact) mass is 678 g/mol. The van der Waals surface area contributed by atoms with Crippen molar-refractivity contribution < 1.29 is 14.7 Å². The molecule has 2 N–H and O–H groups in total. The fraction of sp³-hybridized carbons (Fsp3) is 0.452. The van der Waals surface area contributed by atoms with E-state index in [-0.39, 0.29) is 21.2 Å². The van der Waals surface area contributed by atoms with Gasteiger partial charge in [-0.1, -0.05) is 65.4 Å². The number of anilines is 2. The van der Waals surface area contributed by atoms with Gasteiger partial charge in [0, 0.05) is 47.3 Å².